The largest absolute Gasteiger partial charge is 0.397 e. The van der Waals surface area contributed by atoms with Crippen molar-refractivity contribution in [3.63, 3.8) is 0 Å². The first-order chi connectivity index (χ1) is 6.59. The van der Waals surface area contributed by atoms with E-state index in [1.54, 1.807) is 13.2 Å². The number of hydrogen-bond donors (Lipinski definition) is 1. The van der Waals surface area contributed by atoms with Crippen LogP contribution in [0.2, 0.25) is 0 Å². The molecule has 14 heavy (non-hydrogen) atoms. The molecule has 2 aromatic rings. The number of anilines is 1. The molecule has 0 fully saturated rings. The van der Waals surface area contributed by atoms with Crippen LogP contribution in [0.4, 0.5) is 5.69 Å². The van der Waals surface area contributed by atoms with Gasteiger partial charge in [-0.05, 0) is 19.1 Å². The van der Waals surface area contributed by atoms with Crippen molar-refractivity contribution in [2.24, 2.45) is 7.05 Å². The Kier molecular flexibility index (Phi) is 1.81. The summed E-state index contributed by atoms with van der Waals surface area (Å²) in [4.78, 5) is 11.7. The van der Waals surface area contributed by atoms with E-state index in [1.807, 2.05) is 25.1 Å². The lowest BCUT2D eigenvalue weighted by Crippen LogP contribution is -2.17. The molecule has 0 saturated heterocycles. The molecule has 0 radical (unpaired) electrons. The first-order valence-corrected chi connectivity index (χ1v) is 4.45. The van der Waals surface area contributed by atoms with Gasteiger partial charge in [0.05, 0.1) is 5.69 Å². The lowest BCUT2D eigenvalue weighted by atomic mass is 10.1. The number of nitrogen functional groups attached to an aromatic ring is 1. The van der Waals surface area contributed by atoms with E-state index in [4.69, 9.17) is 5.73 Å². The molecule has 3 nitrogen and oxygen atoms in total. The van der Waals surface area contributed by atoms with Crippen LogP contribution in [0.15, 0.2) is 29.2 Å². The van der Waals surface area contributed by atoms with Crippen LogP contribution in [0, 0.1) is 6.92 Å². The van der Waals surface area contributed by atoms with Crippen LogP contribution < -0.4 is 11.3 Å². The average molecular weight is 188 g/mol. The highest BCUT2D eigenvalue weighted by molar-refractivity contribution is 5.92. The fourth-order valence-electron chi connectivity index (χ4n) is 1.61. The van der Waals surface area contributed by atoms with Crippen LogP contribution in [0.5, 0.6) is 0 Å². The maximum absolute atomic E-state index is 11.7. The maximum Gasteiger partial charge on any atom is 0.258 e. The third-order valence-corrected chi connectivity index (χ3v) is 2.37. The maximum atomic E-state index is 11.7. The fourth-order valence-corrected chi connectivity index (χ4v) is 1.61. The summed E-state index contributed by atoms with van der Waals surface area (Å²) in [6.45, 7) is 1.98. The fraction of sp³-hybridized carbons (Fsp3) is 0.182. The number of pyridine rings is 1. The molecular formula is C11H12N2O. The summed E-state index contributed by atoms with van der Waals surface area (Å²) in [7, 11) is 1.71. The Hall–Kier alpha value is -1.77. The summed E-state index contributed by atoms with van der Waals surface area (Å²) < 4.78 is 1.51. The van der Waals surface area contributed by atoms with Crippen molar-refractivity contribution in [2.45, 2.75) is 6.92 Å². The van der Waals surface area contributed by atoms with Crippen molar-refractivity contribution in [1.29, 1.82) is 0 Å². The van der Waals surface area contributed by atoms with Crippen LogP contribution in [-0.4, -0.2) is 4.57 Å². The summed E-state index contributed by atoms with van der Waals surface area (Å²) in [6, 6.07) is 5.68. The Morgan fingerprint density at radius 2 is 2.00 bits per heavy atom. The third-order valence-electron chi connectivity index (χ3n) is 2.37. The van der Waals surface area contributed by atoms with Crippen LogP contribution in [0.25, 0.3) is 10.8 Å². The quantitative estimate of drug-likeness (QED) is 0.679. The zero-order valence-corrected chi connectivity index (χ0v) is 8.24. The summed E-state index contributed by atoms with van der Waals surface area (Å²) >= 11 is 0. The van der Waals surface area contributed by atoms with Gasteiger partial charge in [0, 0.05) is 24.0 Å². The van der Waals surface area contributed by atoms with E-state index >= 15 is 0 Å². The van der Waals surface area contributed by atoms with Crippen molar-refractivity contribution >= 4 is 16.5 Å². The normalized spacial score (nSPS) is 10.7. The van der Waals surface area contributed by atoms with Gasteiger partial charge in [-0.2, -0.15) is 0 Å². The molecule has 0 unspecified atom stereocenters. The van der Waals surface area contributed by atoms with E-state index in [1.165, 1.54) is 4.57 Å². The van der Waals surface area contributed by atoms with Gasteiger partial charge in [0.15, 0.2) is 0 Å². The van der Waals surface area contributed by atoms with Gasteiger partial charge in [-0.15, -0.1) is 0 Å². The van der Waals surface area contributed by atoms with Crippen molar-refractivity contribution in [3.8, 4) is 0 Å². The molecule has 1 aromatic carbocycles. The number of rotatable bonds is 0. The summed E-state index contributed by atoms with van der Waals surface area (Å²) in [5.41, 5.74) is 7.58. The van der Waals surface area contributed by atoms with Crippen LogP contribution in [-0.2, 0) is 7.05 Å². The molecule has 3 heteroatoms. The highest BCUT2D eigenvalue weighted by atomic mass is 16.1. The third kappa shape index (κ3) is 1.18. The highest BCUT2D eigenvalue weighted by Crippen LogP contribution is 2.18. The van der Waals surface area contributed by atoms with Gasteiger partial charge in [0.25, 0.3) is 5.56 Å². The number of hydrogen-bond acceptors (Lipinski definition) is 2. The van der Waals surface area contributed by atoms with Gasteiger partial charge in [0.1, 0.15) is 0 Å². The average Bonchev–Trinajstić information content (AvgIpc) is 2.14. The first kappa shape index (κ1) is 8.81. The topological polar surface area (TPSA) is 48.0 Å². The van der Waals surface area contributed by atoms with Gasteiger partial charge >= 0.3 is 0 Å². The van der Waals surface area contributed by atoms with Crippen molar-refractivity contribution in [2.75, 3.05) is 5.73 Å². The van der Waals surface area contributed by atoms with E-state index in [0.29, 0.717) is 11.1 Å². The Balaban J connectivity index is 3.02. The Bertz CT molecular complexity index is 555. The van der Waals surface area contributed by atoms with Gasteiger partial charge in [0.2, 0.25) is 0 Å². The van der Waals surface area contributed by atoms with Gasteiger partial charge < -0.3 is 10.3 Å². The molecule has 0 amide bonds. The monoisotopic (exact) mass is 188 g/mol. The molecule has 0 aliphatic carbocycles. The molecule has 1 heterocycles. The van der Waals surface area contributed by atoms with Crippen molar-refractivity contribution in [1.82, 2.24) is 4.57 Å². The Morgan fingerprint density at radius 1 is 1.29 bits per heavy atom. The number of fused-ring (bicyclic) bond motifs is 1. The highest BCUT2D eigenvalue weighted by Gasteiger charge is 2.03. The van der Waals surface area contributed by atoms with Gasteiger partial charge in [-0.1, -0.05) is 11.6 Å². The van der Waals surface area contributed by atoms with Crippen LogP contribution in [0.3, 0.4) is 0 Å². The van der Waals surface area contributed by atoms with E-state index in [2.05, 4.69) is 0 Å². The number of nitrogens with two attached hydrogens (primary N) is 1. The van der Waals surface area contributed by atoms with Crippen LogP contribution in [0.1, 0.15) is 5.56 Å². The van der Waals surface area contributed by atoms with Crippen molar-refractivity contribution in [3.05, 3.63) is 40.3 Å². The second-order valence-electron chi connectivity index (χ2n) is 3.55. The molecule has 0 aliphatic heterocycles. The zero-order chi connectivity index (χ0) is 10.3. The predicted octanol–water partition coefficient (Wildman–Crippen LogP) is 1.43. The van der Waals surface area contributed by atoms with Gasteiger partial charge in [-0.3, -0.25) is 4.79 Å². The molecule has 0 bridgehead atoms. The zero-order valence-electron chi connectivity index (χ0n) is 8.24. The smallest absolute Gasteiger partial charge is 0.258 e. The number of aromatic nitrogens is 1. The lowest BCUT2D eigenvalue weighted by molar-refractivity contribution is 0.875. The Morgan fingerprint density at radius 3 is 2.71 bits per heavy atom. The SMILES string of the molecule is Cc1ccc2c(=O)n(C)cc(N)c2c1. The number of aryl methyl sites for hydroxylation is 2. The van der Waals surface area contributed by atoms with Gasteiger partial charge in [-0.25, -0.2) is 0 Å². The molecule has 72 valence electrons. The molecule has 2 rings (SSSR count). The predicted molar refractivity (Wildman–Crippen MR) is 58.3 cm³/mol. The molecule has 0 atom stereocenters. The molecule has 1 aromatic heterocycles. The van der Waals surface area contributed by atoms with E-state index < -0.39 is 0 Å². The summed E-state index contributed by atoms with van der Waals surface area (Å²) in [5.74, 6) is 0. The van der Waals surface area contributed by atoms with E-state index in [0.717, 1.165) is 10.9 Å². The molecule has 0 spiro atoms. The van der Waals surface area contributed by atoms with E-state index in [9.17, 15) is 4.79 Å². The number of benzene rings is 1. The van der Waals surface area contributed by atoms with E-state index in [-0.39, 0.29) is 5.56 Å². The standard InChI is InChI=1S/C11H12N2O/c1-7-3-4-8-9(5-7)10(12)6-13(2)11(8)14/h3-6H,12H2,1-2H3. The molecule has 0 aliphatic rings. The minimum absolute atomic E-state index is 0.00537. The van der Waals surface area contributed by atoms with Crippen molar-refractivity contribution < 1.29 is 0 Å². The second kappa shape index (κ2) is 2.87. The first-order valence-electron chi connectivity index (χ1n) is 4.45. The number of nitrogens with zero attached hydrogens (tertiary/aromatic N) is 1. The molecule has 2 N–H and O–H groups in total. The minimum atomic E-state index is -0.00537. The lowest BCUT2D eigenvalue weighted by Gasteiger charge is -2.05. The summed E-state index contributed by atoms with van der Waals surface area (Å²) in [5, 5.41) is 1.52. The molecule has 0 saturated carbocycles. The second-order valence-corrected chi connectivity index (χ2v) is 3.55. The summed E-state index contributed by atoms with van der Waals surface area (Å²) in [6.07, 6.45) is 1.66. The Labute approximate surface area is 81.8 Å². The minimum Gasteiger partial charge on any atom is -0.397 e. The molecular weight excluding hydrogens is 176 g/mol. The van der Waals surface area contributed by atoms with Crippen LogP contribution >= 0.6 is 0 Å².